The van der Waals surface area contributed by atoms with Gasteiger partial charge in [-0.25, -0.2) is 4.79 Å². The van der Waals surface area contributed by atoms with Crippen LogP contribution in [-0.2, 0) is 25.7 Å². The SMILES string of the molecule is COC(=O)[C@H]1CC(C)=C(C)C=C1C(=O)OCc1ccccc1. The fraction of sp³-hybridized carbons (Fsp3) is 0.333. The number of benzene rings is 1. The molecule has 4 nitrogen and oxygen atoms in total. The van der Waals surface area contributed by atoms with Gasteiger partial charge in [0.1, 0.15) is 6.61 Å². The second-order valence-electron chi connectivity index (χ2n) is 5.40. The molecule has 0 aliphatic heterocycles. The lowest BCUT2D eigenvalue weighted by molar-refractivity contribution is -0.148. The summed E-state index contributed by atoms with van der Waals surface area (Å²) < 4.78 is 10.1. The molecular formula is C18H20O4. The summed E-state index contributed by atoms with van der Waals surface area (Å²) in [6.07, 6.45) is 2.22. The van der Waals surface area contributed by atoms with E-state index in [4.69, 9.17) is 9.47 Å². The van der Waals surface area contributed by atoms with E-state index in [1.54, 1.807) is 6.08 Å². The number of allylic oxidation sites excluding steroid dienone is 3. The van der Waals surface area contributed by atoms with Crippen molar-refractivity contribution >= 4 is 11.9 Å². The fourth-order valence-corrected chi connectivity index (χ4v) is 2.39. The van der Waals surface area contributed by atoms with Crippen LogP contribution in [0.3, 0.4) is 0 Å². The Kier molecular flexibility index (Phi) is 5.15. The Hall–Kier alpha value is -2.36. The number of hydrogen-bond donors (Lipinski definition) is 0. The molecule has 1 aromatic carbocycles. The van der Waals surface area contributed by atoms with Crippen LogP contribution in [0.15, 0.2) is 53.1 Å². The van der Waals surface area contributed by atoms with Gasteiger partial charge in [0.2, 0.25) is 0 Å². The third-order valence-corrected chi connectivity index (χ3v) is 3.87. The van der Waals surface area contributed by atoms with Gasteiger partial charge in [0.05, 0.1) is 18.6 Å². The van der Waals surface area contributed by atoms with Crippen molar-refractivity contribution in [3.05, 3.63) is 58.7 Å². The summed E-state index contributed by atoms with van der Waals surface area (Å²) in [4.78, 5) is 24.2. The second-order valence-corrected chi connectivity index (χ2v) is 5.40. The van der Waals surface area contributed by atoms with Gasteiger partial charge in [0, 0.05) is 0 Å². The Bertz CT molecular complexity index is 626. The van der Waals surface area contributed by atoms with Gasteiger partial charge in [-0.1, -0.05) is 41.5 Å². The zero-order valence-electron chi connectivity index (χ0n) is 13.1. The molecule has 0 saturated heterocycles. The lowest BCUT2D eigenvalue weighted by Gasteiger charge is -2.23. The number of esters is 2. The van der Waals surface area contributed by atoms with E-state index in [-0.39, 0.29) is 6.61 Å². The quantitative estimate of drug-likeness (QED) is 0.801. The van der Waals surface area contributed by atoms with E-state index >= 15 is 0 Å². The van der Waals surface area contributed by atoms with Crippen molar-refractivity contribution in [1.29, 1.82) is 0 Å². The molecule has 4 heteroatoms. The summed E-state index contributed by atoms with van der Waals surface area (Å²) in [6.45, 7) is 4.06. The highest BCUT2D eigenvalue weighted by atomic mass is 16.5. The number of hydrogen-bond acceptors (Lipinski definition) is 4. The van der Waals surface area contributed by atoms with Gasteiger partial charge in [-0.3, -0.25) is 4.79 Å². The van der Waals surface area contributed by atoms with Crippen molar-refractivity contribution in [3.8, 4) is 0 Å². The Balaban J connectivity index is 2.14. The van der Waals surface area contributed by atoms with Crippen molar-refractivity contribution < 1.29 is 19.1 Å². The average molecular weight is 300 g/mol. The molecule has 0 heterocycles. The van der Waals surface area contributed by atoms with Gasteiger partial charge in [0.15, 0.2) is 0 Å². The van der Waals surface area contributed by atoms with Crippen LogP contribution in [0.25, 0.3) is 0 Å². The van der Waals surface area contributed by atoms with Crippen LogP contribution >= 0.6 is 0 Å². The monoisotopic (exact) mass is 300 g/mol. The van der Waals surface area contributed by atoms with Gasteiger partial charge < -0.3 is 9.47 Å². The molecule has 2 rings (SSSR count). The van der Waals surface area contributed by atoms with Crippen LogP contribution in [0.1, 0.15) is 25.8 Å². The summed E-state index contributed by atoms with van der Waals surface area (Å²) in [5, 5.41) is 0. The highest BCUT2D eigenvalue weighted by Gasteiger charge is 2.32. The van der Waals surface area contributed by atoms with Crippen molar-refractivity contribution in [2.24, 2.45) is 5.92 Å². The Morgan fingerprint density at radius 2 is 1.86 bits per heavy atom. The molecule has 1 aliphatic carbocycles. The molecule has 1 atom stereocenters. The Morgan fingerprint density at radius 3 is 2.50 bits per heavy atom. The Morgan fingerprint density at radius 1 is 1.18 bits per heavy atom. The van der Waals surface area contributed by atoms with E-state index in [1.807, 2.05) is 44.2 Å². The minimum absolute atomic E-state index is 0.187. The number of carbonyl (C=O) groups excluding carboxylic acids is 2. The largest absolute Gasteiger partial charge is 0.469 e. The lowest BCUT2D eigenvalue weighted by Crippen LogP contribution is -2.27. The maximum Gasteiger partial charge on any atom is 0.335 e. The molecule has 0 N–H and O–H groups in total. The summed E-state index contributed by atoms with van der Waals surface area (Å²) in [5.74, 6) is -1.46. The molecule has 0 saturated carbocycles. The first-order valence-electron chi connectivity index (χ1n) is 7.19. The summed E-state index contributed by atoms with van der Waals surface area (Å²) in [5.41, 5.74) is 3.35. The third kappa shape index (κ3) is 3.64. The van der Waals surface area contributed by atoms with E-state index in [0.29, 0.717) is 12.0 Å². The maximum atomic E-state index is 12.3. The molecular weight excluding hydrogens is 280 g/mol. The molecule has 0 spiro atoms. The molecule has 116 valence electrons. The highest BCUT2D eigenvalue weighted by Crippen LogP contribution is 2.30. The molecule has 0 bridgehead atoms. The molecule has 0 unspecified atom stereocenters. The van der Waals surface area contributed by atoms with Gasteiger partial charge in [-0.05, 0) is 31.9 Å². The molecule has 0 amide bonds. The minimum Gasteiger partial charge on any atom is -0.469 e. The van der Waals surface area contributed by atoms with Crippen molar-refractivity contribution in [3.63, 3.8) is 0 Å². The summed E-state index contributed by atoms with van der Waals surface area (Å²) in [6, 6.07) is 9.44. The van der Waals surface area contributed by atoms with Crippen molar-refractivity contribution in [2.75, 3.05) is 7.11 Å². The number of methoxy groups -OCH3 is 1. The number of carbonyl (C=O) groups is 2. The van der Waals surface area contributed by atoms with Crippen LogP contribution in [0, 0.1) is 5.92 Å². The summed E-state index contributed by atoms with van der Waals surface area (Å²) >= 11 is 0. The summed E-state index contributed by atoms with van der Waals surface area (Å²) in [7, 11) is 1.33. The number of ether oxygens (including phenoxy) is 2. The van der Waals surface area contributed by atoms with E-state index in [9.17, 15) is 9.59 Å². The molecule has 0 aromatic heterocycles. The number of rotatable bonds is 4. The van der Waals surface area contributed by atoms with E-state index < -0.39 is 17.9 Å². The normalized spacial score (nSPS) is 17.8. The van der Waals surface area contributed by atoms with Gasteiger partial charge in [-0.15, -0.1) is 0 Å². The van der Waals surface area contributed by atoms with Gasteiger partial charge in [-0.2, -0.15) is 0 Å². The first-order valence-corrected chi connectivity index (χ1v) is 7.19. The topological polar surface area (TPSA) is 52.6 Å². The average Bonchev–Trinajstić information content (AvgIpc) is 2.55. The zero-order valence-corrected chi connectivity index (χ0v) is 13.1. The minimum atomic E-state index is -0.586. The highest BCUT2D eigenvalue weighted by molar-refractivity contribution is 5.96. The first-order chi connectivity index (χ1) is 10.5. The van der Waals surface area contributed by atoms with Crippen LogP contribution in [0.2, 0.25) is 0 Å². The van der Waals surface area contributed by atoms with Crippen LogP contribution in [0.4, 0.5) is 0 Å². The second kappa shape index (κ2) is 7.07. The van der Waals surface area contributed by atoms with E-state index in [2.05, 4.69) is 0 Å². The molecule has 0 radical (unpaired) electrons. The standard InChI is InChI=1S/C18H20O4/c1-12-9-15(17(19)21-3)16(10-13(12)2)18(20)22-11-14-7-5-4-6-8-14/h4-8,10,15H,9,11H2,1-3H3/t15-/m0/s1. The lowest BCUT2D eigenvalue weighted by atomic mass is 9.84. The smallest absolute Gasteiger partial charge is 0.335 e. The van der Waals surface area contributed by atoms with Crippen LogP contribution in [-0.4, -0.2) is 19.0 Å². The molecule has 1 aliphatic rings. The fourth-order valence-electron chi connectivity index (χ4n) is 2.39. The van der Waals surface area contributed by atoms with E-state index in [0.717, 1.165) is 16.7 Å². The van der Waals surface area contributed by atoms with Gasteiger partial charge >= 0.3 is 11.9 Å². The maximum absolute atomic E-state index is 12.3. The van der Waals surface area contributed by atoms with Crippen molar-refractivity contribution in [1.82, 2.24) is 0 Å². The van der Waals surface area contributed by atoms with Gasteiger partial charge in [0.25, 0.3) is 0 Å². The predicted molar refractivity (Wildman–Crippen MR) is 82.8 cm³/mol. The zero-order chi connectivity index (χ0) is 16.1. The Labute approximate surface area is 130 Å². The first kappa shape index (κ1) is 16.0. The molecule has 22 heavy (non-hydrogen) atoms. The van der Waals surface area contributed by atoms with Crippen LogP contribution in [0.5, 0.6) is 0 Å². The van der Waals surface area contributed by atoms with E-state index in [1.165, 1.54) is 7.11 Å². The third-order valence-electron chi connectivity index (χ3n) is 3.87. The molecule has 1 aromatic rings. The molecule has 0 fully saturated rings. The van der Waals surface area contributed by atoms with Crippen LogP contribution < -0.4 is 0 Å². The van der Waals surface area contributed by atoms with Crippen molar-refractivity contribution in [2.45, 2.75) is 26.9 Å². The predicted octanol–water partition coefficient (Wildman–Crippen LogP) is 3.19.